The van der Waals surface area contributed by atoms with Crippen molar-refractivity contribution in [2.45, 2.75) is 39.5 Å². The van der Waals surface area contributed by atoms with Crippen molar-refractivity contribution in [3.63, 3.8) is 0 Å². The maximum Gasteiger partial charge on any atom is 0.257 e. The normalized spacial score (nSPS) is 14.3. The van der Waals surface area contributed by atoms with Crippen molar-refractivity contribution in [1.29, 1.82) is 0 Å². The van der Waals surface area contributed by atoms with E-state index in [2.05, 4.69) is 35.4 Å². The minimum Gasteiger partial charge on any atom is -0.494 e. The number of hydrogen-bond acceptors (Lipinski definition) is 4. The van der Waals surface area contributed by atoms with Gasteiger partial charge < -0.3 is 15.0 Å². The molecule has 5 nitrogen and oxygen atoms in total. The van der Waals surface area contributed by atoms with Gasteiger partial charge in [-0.05, 0) is 67.7 Å². The van der Waals surface area contributed by atoms with Crippen LogP contribution in [0.15, 0.2) is 48.5 Å². The highest BCUT2D eigenvalue weighted by Crippen LogP contribution is 2.29. The van der Waals surface area contributed by atoms with Gasteiger partial charge in [0, 0.05) is 18.7 Å². The number of rotatable bonds is 7. The van der Waals surface area contributed by atoms with Crippen LogP contribution in [0.2, 0.25) is 0 Å². The van der Waals surface area contributed by atoms with E-state index < -0.39 is 0 Å². The van der Waals surface area contributed by atoms with Crippen LogP contribution in [0.4, 0.5) is 11.4 Å². The van der Waals surface area contributed by atoms with E-state index in [0.29, 0.717) is 17.9 Å². The predicted octanol–water partition coefficient (Wildman–Crippen LogP) is 5.23. The molecule has 6 heteroatoms. The molecule has 1 fully saturated rings. The number of ether oxygens (including phenoxy) is 1. The molecule has 30 heavy (non-hydrogen) atoms. The molecular formula is C24H31N3O2S. The van der Waals surface area contributed by atoms with Crippen LogP contribution in [-0.2, 0) is 0 Å². The number of carbonyl (C=O) groups excluding carboxylic acids is 1. The number of anilines is 2. The molecule has 1 saturated heterocycles. The van der Waals surface area contributed by atoms with E-state index in [1.165, 1.54) is 12.8 Å². The zero-order valence-electron chi connectivity index (χ0n) is 17.8. The van der Waals surface area contributed by atoms with Crippen LogP contribution >= 0.6 is 12.2 Å². The number of benzene rings is 2. The lowest BCUT2D eigenvalue weighted by molar-refractivity contribution is 0.0977. The highest BCUT2D eigenvalue weighted by Gasteiger charge is 2.19. The standard InChI is InChI=1S/C24H31N3O2S/c1-3-4-16-29-20-9-7-8-19(17-20)23(28)26-24(30)25-21-10-5-6-11-22(21)27-14-12-18(2)13-15-27/h5-11,17-18H,3-4,12-16H2,1-2H3,(H2,25,26,28,30). The van der Waals surface area contributed by atoms with Crippen molar-refractivity contribution >= 4 is 34.6 Å². The van der Waals surface area contributed by atoms with Crippen molar-refractivity contribution in [1.82, 2.24) is 5.32 Å². The van der Waals surface area contributed by atoms with Gasteiger partial charge in [-0.15, -0.1) is 0 Å². The van der Waals surface area contributed by atoms with Gasteiger partial charge in [0.1, 0.15) is 5.75 Å². The van der Waals surface area contributed by atoms with E-state index in [4.69, 9.17) is 17.0 Å². The second-order valence-electron chi connectivity index (χ2n) is 7.82. The Morgan fingerprint density at radius 2 is 1.93 bits per heavy atom. The van der Waals surface area contributed by atoms with E-state index in [1.54, 1.807) is 12.1 Å². The van der Waals surface area contributed by atoms with Crippen LogP contribution in [0, 0.1) is 5.92 Å². The highest BCUT2D eigenvalue weighted by atomic mass is 32.1. The zero-order valence-corrected chi connectivity index (χ0v) is 18.6. The molecule has 1 aliphatic rings. The van der Waals surface area contributed by atoms with Gasteiger partial charge in [0.05, 0.1) is 18.0 Å². The first-order valence-electron chi connectivity index (χ1n) is 10.8. The number of thiocarbonyl (C=S) groups is 1. The molecule has 0 aliphatic carbocycles. The van der Waals surface area contributed by atoms with Crippen LogP contribution in [0.1, 0.15) is 49.9 Å². The maximum atomic E-state index is 12.6. The zero-order chi connectivity index (χ0) is 21.3. The lowest BCUT2D eigenvalue weighted by Crippen LogP contribution is -2.36. The molecule has 2 N–H and O–H groups in total. The molecule has 0 radical (unpaired) electrons. The molecule has 1 heterocycles. The van der Waals surface area contributed by atoms with Gasteiger partial charge in [-0.3, -0.25) is 10.1 Å². The quantitative estimate of drug-likeness (QED) is 0.470. The summed E-state index contributed by atoms with van der Waals surface area (Å²) in [6.07, 6.45) is 4.43. The second kappa shape index (κ2) is 11.0. The van der Waals surface area contributed by atoms with Crippen molar-refractivity contribution in [2.24, 2.45) is 5.92 Å². The van der Waals surface area contributed by atoms with Crippen molar-refractivity contribution in [3.8, 4) is 5.75 Å². The van der Waals surface area contributed by atoms with Crippen LogP contribution in [0.3, 0.4) is 0 Å². The lowest BCUT2D eigenvalue weighted by Gasteiger charge is -2.33. The maximum absolute atomic E-state index is 12.6. The molecule has 1 aliphatic heterocycles. The Morgan fingerprint density at radius 1 is 1.17 bits per heavy atom. The Kier molecular flexibility index (Phi) is 8.08. The first kappa shape index (κ1) is 22.1. The summed E-state index contributed by atoms with van der Waals surface area (Å²) in [5.41, 5.74) is 2.55. The number of nitrogens with one attached hydrogen (secondary N) is 2. The van der Waals surface area contributed by atoms with Gasteiger partial charge >= 0.3 is 0 Å². The number of hydrogen-bond donors (Lipinski definition) is 2. The van der Waals surface area contributed by atoms with Crippen LogP contribution in [0.5, 0.6) is 5.75 Å². The summed E-state index contributed by atoms with van der Waals surface area (Å²) in [5.74, 6) is 1.21. The number of amides is 1. The first-order chi connectivity index (χ1) is 14.6. The fourth-order valence-corrected chi connectivity index (χ4v) is 3.70. The summed E-state index contributed by atoms with van der Waals surface area (Å²) in [6.45, 7) is 7.13. The number of unbranched alkanes of at least 4 members (excludes halogenated alkanes) is 1. The minimum atomic E-state index is -0.252. The third kappa shape index (κ3) is 6.20. The monoisotopic (exact) mass is 425 g/mol. The summed E-state index contributed by atoms with van der Waals surface area (Å²) < 4.78 is 5.69. The Balaban J connectivity index is 1.61. The fourth-order valence-electron chi connectivity index (χ4n) is 3.49. The summed E-state index contributed by atoms with van der Waals surface area (Å²) in [4.78, 5) is 15.0. The summed E-state index contributed by atoms with van der Waals surface area (Å²) in [6, 6.07) is 15.3. The predicted molar refractivity (Wildman–Crippen MR) is 128 cm³/mol. The molecular weight excluding hydrogens is 394 g/mol. The molecule has 0 atom stereocenters. The number of carbonyl (C=O) groups is 1. The largest absolute Gasteiger partial charge is 0.494 e. The van der Waals surface area contributed by atoms with E-state index in [-0.39, 0.29) is 11.0 Å². The van der Waals surface area contributed by atoms with E-state index >= 15 is 0 Å². The molecule has 1 amide bonds. The lowest BCUT2D eigenvalue weighted by atomic mass is 9.98. The van der Waals surface area contributed by atoms with Crippen molar-refractivity contribution < 1.29 is 9.53 Å². The Bertz CT molecular complexity index is 863. The molecule has 3 rings (SSSR count). The van der Waals surface area contributed by atoms with E-state index in [0.717, 1.165) is 43.2 Å². The third-order valence-electron chi connectivity index (χ3n) is 5.37. The Hall–Kier alpha value is -2.60. The van der Waals surface area contributed by atoms with Crippen LogP contribution in [0.25, 0.3) is 0 Å². The van der Waals surface area contributed by atoms with Gasteiger partial charge in [0.2, 0.25) is 0 Å². The van der Waals surface area contributed by atoms with E-state index in [1.807, 2.05) is 30.3 Å². The molecule has 160 valence electrons. The number of piperidine rings is 1. The molecule has 0 aromatic heterocycles. The summed E-state index contributed by atoms with van der Waals surface area (Å²) >= 11 is 5.42. The average molecular weight is 426 g/mol. The molecule has 2 aromatic carbocycles. The smallest absolute Gasteiger partial charge is 0.257 e. The SMILES string of the molecule is CCCCOc1cccc(C(=O)NC(=S)Nc2ccccc2N2CCC(C)CC2)c1. The highest BCUT2D eigenvalue weighted by molar-refractivity contribution is 7.80. The fraction of sp³-hybridized carbons (Fsp3) is 0.417. The van der Waals surface area contributed by atoms with Gasteiger partial charge in [-0.2, -0.15) is 0 Å². The molecule has 0 saturated carbocycles. The summed E-state index contributed by atoms with van der Waals surface area (Å²) in [7, 11) is 0. The topological polar surface area (TPSA) is 53.6 Å². The Morgan fingerprint density at radius 3 is 2.70 bits per heavy atom. The van der Waals surface area contributed by atoms with E-state index in [9.17, 15) is 4.79 Å². The summed E-state index contributed by atoms with van der Waals surface area (Å²) in [5, 5.41) is 6.27. The molecule has 2 aromatic rings. The molecule has 0 spiro atoms. The number of para-hydroxylation sites is 2. The van der Waals surface area contributed by atoms with Crippen molar-refractivity contribution in [2.75, 3.05) is 29.9 Å². The minimum absolute atomic E-state index is 0.252. The average Bonchev–Trinajstić information content (AvgIpc) is 2.75. The van der Waals surface area contributed by atoms with Gasteiger partial charge in [0.25, 0.3) is 5.91 Å². The molecule has 0 unspecified atom stereocenters. The third-order valence-corrected chi connectivity index (χ3v) is 5.57. The van der Waals surface area contributed by atoms with Crippen LogP contribution in [-0.4, -0.2) is 30.7 Å². The molecule has 0 bridgehead atoms. The van der Waals surface area contributed by atoms with Crippen molar-refractivity contribution in [3.05, 3.63) is 54.1 Å². The van der Waals surface area contributed by atoms with Gasteiger partial charge in [-0.25, -0.2) is 0 Å². The second-order valence-corrected chi connectivity index (χ2v) is 8.23. The first-order valence-corrected chi connectivity index (χ1v) is 11.2. The van der Waals surface area contributed by atoms with Crippen LogP contribution < -0.4 is 20.3 Å². The Labute approximate surface area is 184 Å². The number of nitrogens with zero attached hydrogens (tertiary/aromatic N) is 1. The van der Waals surface area contributed by atoms with Gasteiger partial charge in [0.15, 0.2) is 5.11 Å². The van der Waals surface area contributed by atoms with Gasteiger partial charge in [-0.1, -0.05) is 38.5 Å².